The van der Waals surface area contributed by atoms with Crippen molar-refractivity contribution in [1.82, 2.24) is 9.97 Å². The van der Waals surface area contributed by atoms with Crippen molar-refractivity contribution in [3.05, 3.63) is 107 Å². The van der Waals surface area contributed by atoms with Crippen LogP contribution in [0.5, 0.6) is 5.75 Å². The van der Waals surface area contributed by atoms with Gasteiger partial charge in [-0.25, -0.2) is 14.2 Å². The Labute approximate surface area is 237 Å². The highest BCUT2D eigenvalue weighted by molar-refractivity contribution is 6.04. The Kier molecular flexibility index (Phi) is 7.97. The number of carbonyl (C=O) groups is 2. The largest absolute Gasteiger partial charge is 0.494 e. The first-order valence-electron chi connectivity index (χ1n) is 13.6. The molecule has 1 aromatic heterocycles. The van der Waals surface area contributed by atoms with Crippen LogP contribution in [0.4, 0.5) is 4.39 Å². The third kappa shape index (κ3) is 5.61. The molecule has 0 saturated heterocycles. The first kappa shape index (κ1) is 27.8. The number of rotatable bonds is 10. The maximum Gasteiger partial charge on any atom is 0.336 e. The minimum atomic E-state index is -1.13. The van der Waals surface area contributed by atoms with Crippen LogP contribution in [-0.4, -0.2) is 33.9 Å². The fourth-order valence-corrected chi connectivity index (χ4v) is 5.43. The summed E-state index contributed by atoms with van der Waals surface area (Å²) in [7, 11) is 1.39. The minimum absolute atomic E-state index is 0.0296. The van der Waals surface area contributed by atoms with E-state index in [1.54, 1.807) is 12.1 Å². The second kappa shape index (κ2) is 11.8. The van der Waals surface area contributed by atoms with Gasteiger partial charge >= 0.3 is 5.97 Å². The van der Waals surface area contributed by atoms with Crippen LogP contribution in [-0.2, 0) is 0 Å². The maximum atomic E-state index is 14.3. The third-order valence-corrected chi connectivity index (χ3v) is 7.46. The van der Waals surface area contributed by atoms with Gasteiger partial charge in [0.05, 0.1) is 23.7 Å². The van der Waals surface area contributed by atoms with Gasteiger partial charge in [0, 0.05) is 29.7 Å². The number of aromatic amines is 1. The Balaban J connectivity index is 1.56. The van der Waals surface area contributed by atoms with Gasteiger partial charge < -0.3 is 14.8 Å². The number of ketones is 1. The number of aromatic carboxylic acids is 1. The molecule has 0 saturated carbocycles. The number of hydrogen-bond donors (Lipinski definition) is 2. The van der Waals surface area contributed by atoms with Gasteiger partial charge in [-0.2, -0.15) is 0 Å². The monoisotopic (exact) mass is 550 g/mol. The number of hydrogen-bond acceptors (Lipinski definition) is 4. The molecule has 0 spiro atoms. The fourth-order valence-electron chi connectivity index (χ4n) is 5.43. The van der Waals surface area contributed by atoms with Gasteiger partial charge in [-0.1, -0.05) is 74.0 Å². The van der Waals surface area contributed by atoms with Gasteiger partial charge in [-0.3, -0.25) is 4.79 Å². The summed E-state index contributed by atoms with van der Waals surface area (Å²) in [6.07, 6.45) is 2.09. The van der Waals surface area contributed by atoms with E-state index in [0.29, 0.717) is 45.5 Å². The molecule has 0 unspecified atom stereocenters. The van der Waals surface area contributed by atoms with E-state index in [1.165, 1.54) is 25.3 Å². The number of carbonyl (C=O) groups excluding carboxylic acids is 1. The van der Waals surface area contributed by atoms with Crippen LogP contribution < -0.4 is 4.74 Å². The van der Waals surface area contributed by atoms with E-state index in [1.807, 2.05) is 55.5 Å². The number of carboxylic acids is 1. The molecular weight excluding hydrogens is 519 g/mol. The summed E-state index contributed by atoms with van der Waals surface area (Å²) in [5.41, 5.74) is 5.14. The number of carboxylic acid groups (broad SMARTS) is 1. The molecule has 1 heterocycles. The van der Waals surface area contributed by atoms with E-state index in [0.717, 1.165) is 24.0 Å². The van der Waals surface area contributed by atoms with Crippen LogP contribution in [0.3, 0.4) is 0 Å². The lowest BCUT2D eigenvalue weighted by Gasteiger charge is -2.17. The van der Waals surface area contributed by atoms with Crippen molar-refractivity contribution in [2.45, 2.75) is 39.0 Å². The number of aryl methyl sites for hydroxylation is 1. The van der Waals surface area contributed by atoms with Gasteiger partial charge in [0.25, 0.3) is 0 Å². The summed E-state index contributed by atoms with van der Waals surface area (Å²) in [6.45, 7) is 3.98. The standard InChI is InChI=1S/C34H31FN2O4/c1-4-9-22(21-11-6-5-7-12-21)17-30(38)23-14-15-24(26(16-23)34(39)40)32-20(2)10-8-13-25(32)33-36-28-18-27(35)31(41-3)19-29(28)37-33/h5-8,10-16,18-19,22H,4,9,17H2,1-3H3,(H,36,37)(H,39,40)/t22-/m0/s1. The van der Waals surface area contributed by atoms with E-state index in [9.17, 15) is 19.1 Å². The van der Waals surface area contributed by atoms with E-state index in [2.05, 4.69) is 16.9 Å². The van der Waals surface area contributed by atoms with Crippen molar-refractivity contribution < 1.29 is 23.8 Å². The number of nitrogens with zero attached hydrogens (tertiary/aromatic N) is 1. The molecule has 2 N–H and O–H groups in total. The molecule has 0 bridgehead atoms. The van der Waals surface area contributed by atoms with Gasteiger partial charge in [-0.15, -0.1) is 0 Å². The van der Waals surface area contributed by atoms with Crippen molar-refractivity contribution in [2.24, 2.45) is 0 Å². The number of fused-ring (bicyclic) bond motifs is 1. The topological polar surface area (TPSA) is 92.3 Å². The van der Waals surface area contributed by atoms with E-state index >= 15 is 0 Å². The van der Waals surface area contributed by atoms with E-state index < -0.39 is 11.8 Å². The van der Waals surface area contributed by atoms with E-state index in [4.69, 9.17) is 4.74 Å². The molecule has 0 amide bonds. The van der Waals surface area contributed by atoms with Crippen LogP contribution in [0.15, 0.2) is 78.9 Å². The van der Waals surface area contributed by atoms with Crippen LogP contribution in [0.1, 0.15) is 63.9 Å². The lowest BCUT2D eigenvalue weighted by molar-refractivity contribution is 0.0697. The highest BCUT2D eigenvalue weighted by Gasteiger charge is 2.23. The molecule has 0 aliphatic heterocycles. The van der Waals surface area contributed by atoms with Gasteiger partial charge in [0.1, 0.15) is 5.82 Å². The molecule has 5 rings (SSSR count). The zero-order chi connectivity index (χ0) is 29.1. The molecule has 0 aliphatic carbocycles. The molecule has 0 radical (unpaired) electrons. The zero-order valence-electron chi connectivity index (χ0n) is 23.2. The van der Waals surface area contributed by atoms with Crippen LogP contribution >= 0.6 is 0 Å². The number of H-pyrrole nitrogens is 1. The van der Waals surface area contributed by atoms with Crippen LogP contribution in [0.25, 0.3) is 33.5 Å². The molecule has 1 atom stereocenters. The second-order valence-electron chi connectivity index (χ2n) is 10.2. The Bertz CT molecular complexity index is 1740. The summed E-state index contributed by atoms with van der Waals surface area (Å²) in [6, 6.07) is 23.3. The molecule has 208 valence electrons. The Morgan fingerprint density at radius 3 is 2.49 bits per heavy atom. The molecule has 0 fully saturated rings. The zero-order valence-corrected chi connectivity index (χ0v) is 23.2. The molecular formula is C34H31FN2O4. The van der Waals surface area contributed by atoms with Crippen molar-refractivity contribution in [1.29, 1.82) is 0 Å². The average molecular weight is 551 g/mol. The molecule has 7 heteroatoms. The number of imidazole rings is 1. The first-order chi connectivity index (χ1) is 19.8. The maximum absolute atomic E-state index is 14.3. The van der Waals surface area contributed by atoms with Gasteiger partial charge in [0.2, 0.25) is 0 Å². The third-order valence-electron chi connectivity index (χ3n) is 7.46. The molecule has 41 heavy (non-hydrogen) atoms. The Morgan fingerprint density at radius 1 is 1.00 bits per heavy atom. The predicted molar refractivity (Wildman–Crippen MR) is 158 cm³/mol. The second-order valence-corrected chi connectivity index (χ2v) is 10.2. The normalized spacial score (nSPS) is 11.9. The molecule has 5 aromatic rings. The van der Waals surface area contributed by atoms with Gasteiger partial charge in [0.15, 0.2) is 17.3 Å². The summed E-state index contributed by atoms with van der Waals surface area (Å²) in [5, 5.41) is 10.2. The molecule has 6 nitrogen and oxygen atoms in total. The summed E-state index contributed by atoms with van der Waals surface area (Å²) in [5.74, 6) is -1.13. The van der Waals surface area contributed by atoms with Crippen molar-refractivity contribution in [3.8, 4) is 28.3 Å². The average Bonchev–Trinajstić information content (AvgIpc) is 3.39. The number of aromatic nitrogens is 2. The summed E-state index contributed by atoms with van der Waals surface area (Å²) >= 11 is 0. The smallest absolute Gasteiger partial charge is 0.336 e. The lowest BCUT2D eigenvalue weighted by Crippen LogP contribution is -2.10. The van der Waals surface area contributed by atoms with Crippen molar-refractivity contribution in [2.75, 3.05) is 7.11 Å². The van der Waals surface area contributed by atoms with Crippen LogP contribution in [0, 0.1) is 12.7 Å². The fraction of sp³-hybridized carbons (Fsp3) is 0.206. The Hall–Kier alpha value is -4.78. The quantitative estimate of drug-likeness (QED) is 0.171. The van der Waals surface area contributed by atoms with Crippen molar-refractivity contribution >= 4 is 22.8 Å². The van der Waals surface area contributed by atoms with Crippen LogP contribution in [0.2, 0.25) is 0 Å². The highest BCUT2D eigenvalue weighted by atomic mass is 19.1. The molecule has 4 aromatic carbocycles. The lowest BCUT2D eigenvalue weighted by atomic mass is 9.86. The van der Waals surface area contributed by atoms with E-state index in [-0.39, 0.29) is 23.0 Å². The SMILES string of the molecule is CCC[C@@H](CC(=O)c1ccc(-c2c(C)cccc2-c2nc3cc(OC)c(F)cc3[nH]2)c(C(=O)O)c1)c1ccccc1. The number of halogens is 1. The predicted octanol–water partition coefficient (Wildman–Crippen LogP) is 8.21. The minimum Gasteiger partial charge on any atom is -0.494 e. The molecule has 0 aliphatic rings. The number of nitrogens with one attached hydrogen (secondary N) is 1. The summed E-state index contributed by atoms with van der Waals surface area (Å²) in [4.78, 5) is 33.8. The Morgan fingerprint density at radius 2 is 1.78 bits per heavy atom. The number of benzene rings is 4. The van der Waals surface area contributed by atoms with Gasteiger partial charge in [-0.05, 0) is 47.6 Å². The number of Topliss-reactive ketones (excluding diaryl/α,β-unsaturated/α-hetero) is 1. The summed E-state index contributed by atoms with van der Waals surface area (Å²) < 4.78 is 19.4. The first-order valence-corrected chi connectivity index (χ1v) is 13.6. The number of ether oxygens (including phenoxy) is 1. The number of methoxy groups -OCH3 is 1. The highest BCUT2D eigenvalue weighted by Crippen LogP contribution is 2.38. The van der Waals surface area contributed by atoms with Crippen molar-refractivity contribution in [3.63, 3.8) is 0 Å².